The molecule has 0 bridgehead atoms. The molecule has 0 atom stereocenters. The third kappa shape index (κ3) is 1.70. The molecule has 3 rings (SSSR count). The SMILES string of the molecule is Cn1nc(Br)c2ccc(C3(CN)CCCC3)cc21. The van der Waals surface area contributed by atoms with Crippen LogP contribution in [0.25, 0.3) is 10.9 Å². The lowest BCUT2D eigenvalue weighted by Gasteiger charge is -2.28. The van der Waals surface area contributed by atoms with Gasteiger partial charge in [0.15, 0.2) is 0 Å². The van der Waals surface area contributed by atoms with E-state index in [0.29, 0.717) is 0 Å². The molecule has 1 fully saturated rings. The highest BCUT2D eigenvalue weighted by atomic mass is 79.9. The van der Waals surface area contributed by atoms with Crippen LogP contribution in [0.3, 0.4) is 0 Å². The summed E-state index contributed by atoms with van der Waals surface area (Å²) in [6, 6.07) is 6.66. The number of hydrogen-bond donors (Lipinski definition) is 1. The van der Waals surface area contributed by atoms with Crippen LogP contribution in [0.4, 0.5) is 0 Å². The van der Waals surface area contributed by atoms with Crippen LogP contribution in [0.2, 0.25) is 0 Å². The van der Waals surface area contributed by atoms with E-state index >= 15 is 0 Å². The van der Waals surface area contributed by atoms with Gasteiger partial charge in [-0.15, -0.1) is 0 Å². The Morgan fingerprint density at radius 2 is 2.11 bits per heavy atom. The van der Waals surface area contributed by atoms with E-state index in [2.05, 4.69) is 39.2 Å². The Kier molecular flexibility index (Phi) is 2.94. The van der Waals surface area contributed by atoms with Gasteiger partial charge in [0.2, 0.25) is 0 Å². The Labute approximate surface area is 115 Å². The Hall–Kier alpha value is -0.870. The maximum atomic E-state index is 6.06. The largest absolute Gasteiger partial charge is 0.330 e. The molecule has 18 heavy (non-hydrogen) atoms. The number of aromatic nitrogens is 2. The monoisotopic (exact) mass is 307 g/mol. The Morgan fingerprint density at radius 3 is 2.78 bits per heavy atom. The van der Waals surface area contributed by atoms with Crippen molar-refractivity contribution in [2.24, 2.45) is 12.8 Å². The fraction of sp³-hybridized carbons (Fsp3) is 0.500. The lowest BCUT2D eigenvalue weighted by molar-refractivity contribution is 0.453. The molecule has 1 heterocycles. The van der Waals surface area contributed by atoms with Crippen molar-refractivity contribution in [1.82, 2.24) is 9.78 Å². The van der Waals surface area contributed by atoms with E-state index in [9.17, 15) is 0 Å². The van der Waals surface area contributed by atoms with Gasteiger partial charge in [-0.1, -0.05) is 18.9 Å². The highest BCUT2D eigenvalue weighted by Crippen LogP contribution is 2.41. The molecule has 2 aromatic rings. The van der Waals surface area contributed by atoms with Crippen molar-refractivity contribution in [2.75, 3.05) is 6.54 Å². The molecule has 0 aliphatic heterocycles. The second-order valence-electron chi connectivity index (χ2n) is 5.34. The number of nitrogens with two attached hydrogens (primary N) is 1. The van der Waals surface area contributed by atoms with Gasteiger partial charge in [0.1, 0.15) is 4.60 Å². The van der Waals surface area contributed by atoms with E-state index in [1.54, 1.807) is 0 Å². The molecule has 0 radical (unpaired) electrons. The van der Waals surface area contributed by atoms with Gasteiger partial charge in [-0.05, 0) is 46.5 Å². The van der Waals surface area contributed by atoms with Gasteiger partial charge < -0.3 is 5.73 Å². The van der Waals surface area contributed by atoms with Crippen molar-refractivity contribution in [3.05, 3.63) is 28.4 Å². The number of rotatable bonds is 2. The number of hydrogen-bond acceptors (Lipinski definition) is 2. The molecule has 1 aliphatic rings. The van der Waals surface area contributed by atoms with Crippen molar-refractivity contribution in [3.8, 4) is 0 Å². The van der Waals surface area contributed by atoms with Crippen molar-refractivity contribution < 1.29 is 0 Å². The molecule has 4 heteroatoms. The van der Waals surface area contributed by atoms with Crippen LogP contribution in [0.5, 0.6) is 0 Å². The first-order valence-electron chi connectivity index (χ1n) is 6.49. The maximum Gasteiger partial charge on any atom is 0.135 e. The number of halogens is 1. The predicted octanol–water partition coefficient (Wildman–Crippen LogP) is 3.11. The first-order valence-corrected chi connectivity index (χ1v) is 7.28. The molecule has 1 aromatic carbocycles. The molecule has 2 N–H and O–H groups in total. The number of fused-ring (bicyclic) bond motifs is 1. The number of aryl methyl sites for hydroxylation is 1. The summed E-state index contributed by atoms with van der Waals surface area (Å²) in [5, 5.41) is 5.58. The zero-order valence-electron chi connectivity index (χ0n) is 10.6. The first kappa shape index (κ1) is 12.2. The topological polar surface area (TPSA) is 43.8 Å². The van der Waals surface area contributed by atoms with E-state index in [1.165, 1.54) is 42.1 Å². The smallest absolute Gasteiger partial charge is 0.135 e. The van der Waals surface area contributed by atoms with Gasteiger partial charge in [0.25, 0.3) is 0 Å². The summed E-state index contributed by atoms with van der Waals surface area (Å²) >= 11 is 3.50. The summed E-state index contributed by atoms with van der Waals surface area (Å²) in [6.07, 6.45) is 5.02. The summed E-state index contributed by atoms with van der Waals surface area (Å²) in [6.45, 7) is 0.748. The van der Waals surface area contributed by atoms with Crippen LogP contribution in [0.15, 0.2) is 22.8 Å². The molecule has 1 aliphatic carbocycles. The zero-order chi connectivity index (χ0) is 12.8. The molecule has 0 unspecified atom stereocenters. The van der Waals surface area contributed by atoms with Crippen LogP contribution >= 0.6 is 15.9 Å². The summed E-state index contributed by atoms with van der Waals surface area (Å²) < 4.78 is 2.85. The van der Waals surface area contributed by atoms with E-state index in [4.69, 9.17) is 5.73 Å². The molecular formula is C14H18BrN3. The molecule has 0 amide bonds. The molecule has 0 spiro atoms. The van der Waals surface area contributed by atoms with Crippen LogP contribution < -0.4 is 5.73 Å². The molecule has 0 saturated heterocycles. The third-order valence-corrected chi connectivity index (χ3v) is 4.96. The van der Waals surface area contributed by atoms with Gasteiger partial charge in [0, 0.05) is 24.4 Å². The minimum absolute atomic E-state index is 0.199. The molecule has 3 nitrogen and oxygen atoms in total. The highest BCUT2D eigenvalue weighted by Gasteiger charge is 2.34. The van der Waals surface area contributed by atoms with Crippen LogP contribution in [0, 0.1) is 0 Å². The van der Waals surface area contributed by atoms with Gasteiger partial charge in [0.05, 0.1) is 5.52 Å². The molecule has 1 aromatic heterocycles. The van der Waals surface area contributed by atoms with Gasteiger partial charge in [-0.2, -0.15) is 5.10 Å². The van der Waals surface area contributed by atoms with Gasteiger partial charge >= 0.3 is 0 Å². The molecule has 1 saturated carbocycles. The van der Waals surface area contributed by atoms with Crippen molar-refractivity contribution in [3.63, 3.8) is 0 Å². The Bertz CT molecular complexity index is 582. The molecule has 96 valence electrons. The fourth-order valence-electron chi connectivity index (χ4n) is 3.21. The summed E-state index contributed by atoms with van der Waals surface area (Å²) in [4.78, 5) is 0. The maximum absolute atomic E-state index is 6.06. The lowest BCUT2D eigenvalue weighted by atomic mass is 9.79. The predicted molar refractivity (Wildman–Crippen MR) is 77.6 cm³/mol. The summed E-state index contributed by atoms with van der Waals surface area (Å²) in [5.41, 5.74) is 8.82. The van der Waals surface area contributed by atoms with Crippen LogP contribution in [-0.4, -0.2) is 16.3 Å². The van der Waals surface area contributed by atoms with E-state index in [-0.39, 0.29) is 5.41 Å². The first-order chi connectivity index (χ1) is 8.66. The van der Waals surface area contributed by atoms with E-state index < -0.39 is 0 Å². The summed E-state index contributed by atoms with van der Waals surface area (Å²) in [7, 11) is 1.99. The average Bonchev–Trinajstić information content (AvgIpc) is 2.96. The fourth-order valence-corrected chi connectivity index (χ4v) is 3.78. The second kappa shape index (κ2) is 4.35. The van der Waals surface area contributed by atoms with Crippen LogP contribution in [0.1, 0.15) is 31.2 Å². The lowest BCUT2D eigenvalue weighted by Crippen LogP contribution is -2.31. The quantitative estimate of drug-likeness (QED) is 0.926. The summed E-state index contributed by atoms with van der Waals surface area (Å²) in [5.74, 6) is 0. The van der Waals surface area contributed by atoms with Crippen LogP contribution in [-0.2, 0) is 12.5 Å². The minimum Gasteiger partial charge on any atom is -0.330 e. The highest BCUT2D eigenvalue weighted by molar-refractivity contribution is 9.10. The van der Waals surface area contributed by atoms with E-state index in [0.717, 1.165) is 11.1 Å². The Morgan fingerprint density at radius 1 is 1.39 bits per heavy atom. The van der Waals surface area contributed by atoms with Gasteiger partial charge in [-0.3, -0.25) is 4.68 Å². The third-order valence-electron chi connectivity index (χ3n) is 4.37. The standard InChI is InChI=1S/C14H18BrN3/c1-18-12-8-10(4-5-11(12)13(15)17-18)14(9-16)6-2-3-7-14/h4-5,8H,2-3,6-7,9,16H2,1H3. The van der Waals surface area contributed by atoms with E-state index in [1.807, 2.05) is 11.7 Å². The zero-order valence-corrected chi connectivity index (χ0v) is 12.2. The number of benzene rings is 1. The van der Waals surface area contributed by atoms with Crippen molar-refractivity contribution in [2.45, 2.75) is 31.1 Å². The molecular weight excluding hydrogens is 290 g/mol. The van der Waals surface area contributed by atoms with Crippen molar-refractivity contribution in [1.29, 1.82) is 0 Å². The number of nitrogens with zero attached hydrogens (tertiary/aromatic N) is 2. The van der Waals surface area contributed by atoms with Crippen molar-refractivity contribution >= 4 is 26.8 Å². The normalized spacial score (nSPS) is 18.6. The van der Waals surface area contributed by atoms with Gasteiger partial charge in [-0.25, -0.2) is 0 Å². The minimum atomic E-state index is 0.199. The second-order valence-corrected chi connectivity index (χ2v) is 6.09. The average molecular weight is 308 g/mol. The Balaban J connectivity index is 2.15.